The second-order valence-corrected chi connectivity index (χ2v) is 5.11. The minimum absolute atomic E-state index is 0.0319. The zero-order chi connectivity index (χ0) is 13.6. The summed E-state index contributed by atoms with van der Waals surface area (Å²) in [5.41, 5.74) is -0.663. The molecule has 0 amide bonds. The van der Waals surface area contributed by atoms with Gasteiger partial charge in [-0.2, -0.15) is 0 Å². The molecule has 3 nitrogen and oxygen atoms in total. The van der Waals surface area contributed by atoms with E-state index in [0.29, 0.717) is 10.2 Å². The van der Waals surface area contributed by atoms with E-state index in [0.717, 1.165) is 10.6 Å². The molecule has 7 heteroatoms. The number of thiophene rings is 1. The lowest BCUT2D eigenvalue weighted by Crippen LogP contribution is -2.21. The second-order valence-electron chi connectivity index (χ2n) is 3.81. The number of fused-ring (bicyclic) bond motifs is 1. The molecule has 0 radical (unpaired) electrons. The van der Waals surface area contributed by atoms with Gasteiger partial charge in [-0.25, -0.2) is 13.3 Å². The van der Waals surface area contributed by atoms with Crippen LogP contribution < -0.4 is 5.56 Å². The molecule has 2 heterocycles. The standard InChI is InChI=1S/C12H6F2N2OS2/c13-7-2-1-3-8(9(7)14)16-11(17)6-4-5-19-10(6)15-12(16)18/h1-5H,(H,15,18). The number of nitrogens with one attached hydrogen (secondary N) is 1. The molecule has 0 spiro atoms. The first kappa shape index (κ1) is 12.2. The van der Waals surface area contributed by atoms with Gasteiger partial charge in [-0.3, -0.25) is 4.79 Å². The molecule has 96 valence electrons. The van der Waals surface area contributed by atoms with Gasteiger partial charge >= 0.3 is 0 Å². The molecule has 0 aliphatic heterocycles. The van der Waals surface area contributed by atoms with Gasteiger partial charge in [0.2, 0.25) is 0 Å². The molecule has 1 aromatic carbocycles. The van der Waals surface area contributed by atoms with Gasteiger partial charge < -0.3 is 4.98 Å². The molecule has 3 rings (SSSR count). The number of hydrogen-bond acceptors (Lipinski definition) is 3. The van der Waals surface area contributed by atoms with E-state index in [4.69, 9.17) is 12.2 Å². The lowest BCUT2D eigenvalue weighted by Gasteiger charge is -2.07. The summed E-state index contributed by atoms with van der Waals surface area (Å²) in [4.78, 5) is 15.7. The van der Waals surface area contributed by atoms with Crippen molar-refractivity contribution in [3.8, 4) is 5.69 Å². The zero-order valence-electron chi connectivity index (χ0n) is 9.31. The molecule has 0 saturated heterocycles. The third kappa shape index (κ3) is 1.82. The normalized spacial score (nSPS) is 11.1. The second kappa shape index (κ2) is 4.36. The highest BCUT2D eigenvalue weighted by Gasteiger charge is 2.14. The molecule has 0 aliphatic carbocycles. The molecule has 0 fully saturated rings. The molecule has 0 aliphatic rings. The number of hydrogen-bond donors (Lipinski definition) is 1. The Hall–Kier alpha value is -1.86. The van der Waals surface area contributed by atoms with E-state index in [1.807, 2.05) is 0 Å². The summed E-state index contributed by atoms with van der Waals surface area (Å²) in [5.74, 6) is -2.12. The molecule has 19 heavy (non-hydrogen) atoms. The maximum absolute atomic E-state index is 13.8. The van der Waals surface area contributed by atoms with Crippen LogP contribution in [-0.2, 0) is 0 Å². The van der Waals surface area contributed by atoms with Crippen molar-refractivity contribution in [1.29, 1.82) is 0 Å². The smallest absolute Gasteiger partial charge is 0.267 e. The van der Waals surface area contributed by atoms with E-state index in [1.165, 1.54) is 23.5 Å². The number of halogens is 2. The first-order chi connectivity index (χ1) is 9.09. The highest BCUT2D eigenvalue weighted by Crippen LogP contribution is 2.18. The van der Waals surface area contributed by atoms with E-state index in [2.05, 4.69) is 4.98 Å². The lowest BCUT2D eigenvalue weighted by atomic mass is 10.3. The summed E-state index contributed by atoms with van der Waals surface area (Å²) >= 11 is 6.37. The molecule has 0 atom stereocenters. The molecule has 0 bridgehead atoms. The van der Waals surface area contributed by atoms with Crippen LogP contribution >= 0.6 is 23.6 Å². The molecule has 0 saturated carbocycles. The Bertz CT molecular complexity index is 895. The quantitative estimate of drug-likeness (QED) is 0.699. The number of nitrogens with zero attached hydrogens (tertiary/aromatic N) is 1. The van der Waals surface area contributed by atoms with E-state index >= 15 is 0 Å². The summed E-state index contributed by atoms with van der Waals surface area (Å²) < 4.78 is 28.0. The van der Waals surface area contributed by atoms with Gasteiger partial charge in [0.15, 0.2) is 16.4 Å². The van der Waals surface area contributed by atoms with Gasteiger partial charge in [0.05, 0.1) is 11.1 Å². The topological polar surface area (TPSA) is 37.8 Å². The Balaban J connectivity index is 2.46. The van der Waals surface area contributed by atoms with E-state index in [-0.39, 0.29) is 10.5 Å². The highest BCUT2D eigenvalue weighted by atomic mass is 32.1. The molecular formula is C12H6F2N2OS2. The lowest BCUT2D eigenvalue weighted by molar-refractivity contribution is 0.503. The first-order valence-corrected chi connectivity index (χ1v) is 6.55. The van der Waals surface area contributed by atoms with Crippen LogP contribution in [-0.4, -0.2) is 9.55 Å². The summed E-state index contributed by atoms with van der Waals surface area (Å²) in [6.07, 6.45) is 0. The van der Waals surface area contributed by atoms with Crippen LogP contribution in [0.5, 0.6) is 0 Å². The zero-order valence-corrected chi connectivity index (χ0v) is 10.9. The summed E-state index contributed by atoms with van der Waals surface area (Å²) in [5, 5.41) is 2.12. The Labute approximate surface area is 114 Å². The van der Waals surface area contributed by atoms with Crippen molar-refractivity contribution < 1.29 is 8.78 Å². The molecule has 3 aromatic rings. The Morgan fingerprint density at radius 2 is 2.05 bits per heavy atom. The van der Waals surface area contributed by atoms with Gasteiger partial charge in [0, 0.05) is 0 Å². The third-order valence-corrected chi connectivity index (χ3v) is 3.81. The maximum Gasteiger partial charge on any atom is 0.267 e. The molecule has 1 N–H and O–H groups in total. The van der Waals surface area contributed by atoms with Gasteiger partial charge in [0.25, 0.3) is 5.56 Å². The van der Waals surface area contributed by atoms with Crippen LogP contribution in [0.2, 0.25) is 0 Å². The van der Waals surface area contributed by atoms with Crippen LogP contribution in [0.1, 0.15) is 0 Å². The Kier molecular flexibility index (Phi) is 2.79. The van der Waals surface area contributed by atoms with Crippen LogP contribution in [0.15, 0.2) is 34.4 Å². The third-order valence-electron chi connectivity index (χ3n) is 2.69. The Morgan fingerprint density at radius 3 is 2.84 bits per heavy atom. The number of H-pyrrole nitrogens is 1. The van der Waals surface area contributed by atoms with Crippen molar-refractivity contribution in [2.45, 2.75) is 0 Å². The van der Waals surface area contributed by atoms with Crippen molar-refractivity contribution >= 4 is 33.8 Å². The summed E-state index contributed by atoms with van der Waals surface area (Å²) in [6, 6.07) is 5.23. The van der Waals surface area contributed by atoms with Gasteiger partial charge in [0.1, 0.15) is 4.83 Å². The van der Waals surface area contributed by atoms with Crippen molar-refractivity contribution in [2.24, 2.45) is 0 Å². The average molecular weight is 296 g/mol. The van der Waals surface area contributed by atoms with Crippen LogP contribution in [0.25, 0.3) is 15.9 Å². The van der Waals surface area contributed by atoms with E-state index in [9.17, 15) is 13.6 Å². The van der Waals surface area contributed by atoms with Crippen molar-refractivity contribution in [3.63, 3.8) is 0 Å². The predicted molar refractivity (Wildman–Crippen MR) is 72.5 cm³/mol. The highest BCUT2D eigenvalue weighted by molar-refractivity contribution is 7.71. The van der Waals surface area contributed by atoms with Crippen molar-refractivity contribution in [2.75, 3.05) is 0 Å². The van der Waals surface area contributed by atoms with Crippen molar-refractivity contribution in [3.05, 3.63) is 56.4 Å². The maximum atomic E-state index is 13.8. The Morgan fingerprint density at radius 1 is 1.26 bits per heavy atom. The van der Waals surface area contributed by atoms with Gasteiger partial charge in [-0.1, -0.05) is 6.07 Å². The van der Waals surface area contributed by atoms with Crippen LogP contribution in [0.3, 0.4) is 0 Å². The van der Waals surface area contributed by atoms with E-state index < -0.39 is 17.2 Å². The van der Waals surface area contributed by atoms with E-state index in [1.54, 1.807) is 11.4 Å². The number of aromatic nitrogens is 2. The summed E-state index contributed by atoms with van der Waals surface area (Å²) in [6.45, 7) is 0. The minimum atomic E-state index is -1.10. The number of aromatic amines is 1. The van der Waals surface area contributed by atoms with Crippen molar-refractivity contribution in [1.82, 2.24) is 9.55 Å². The fourth-order valence-corrected chi connectivity index (χ4v) is 2.95. The van der Waals surface area contributed by atoms with Gasteiger partial charge in [-0.05, 0) is 35.8 Å². The average Bonchev–Trinajstić information content (AvgIpc) is 2.82. The molecular weight excluding hydrogens is 290 g/mol. The predicted octanol–water partition coefficient (Wildman–Crippen LogP) is 3.39. The first-order valence-electron chi connectivity index (χ1n) is 5.26. The fourth-order valence-electron chi connectivity index (χ4n) is 1.82. The SMILES string of the molecule is O=c1c2ccsc2[nH]c(=S)n1-c1cccc(F)c1F. The fraction of sp³-hybridized carbons (Fsp3) is 0. The monoisotopic (exact) mass is 296 g/mol. The van der Waals surface area contributed by atoms with Crippen LogP contribution in [0.4, 0.5) is 8.78 Å². The summed E-state index contributed by atoms with van der Waals surface area (Å²) in [7, 11) is 0. The molecule has 0 unspecified atom stereocenters. The largest absolute Gasteiger partial charge is 0.323 e. The van der Waals surface area contributed by atoms with Crippen LogP contribution in [0, 0.1) is 16.4 Å². The molecule has 2 aromatic heterocycles. The minimum Gasteiger partial charge on any atom is -0.323 e. The number of rotatable bonds is 1. The number of benzene rings is 1. The van der Waals surface area contributed by atoms with Gasteiger partial charge in [-0.15, -0.1) is 11.3 Å².